The van der Waals surface area contributed by atoms with Crippen LogP contribution in [0, 0.1) is 6.20 Å². The summed E-state index contributed by atoms with van der Waals surface area (Å²) in [5.74, 6) is 0.487. The Morgan fingerprint density at radius 1 is 1.05 bits per heavy atom. The summed E-state index contributed by atoms with van der Waals surface area (Å²) in [4.78, 5) is 4.31. The van der Waals surface area contributed by atoms with Gasteiger partial charge in [-0.25, -0.2) is 4.98 Å². The van der Waals surface area contributed by atoms with E-state index in [2.05, 4.69) is 37.2 Å². The maximum absolute atomic E-state index is 10.5. The smallest absolute Gasteiger partial charge is 0.121 e. The van der Waals surface area contributed by atoms with Crippen LogP contribution in [-0.2, 0) is 12.8 Å². The summed E-state index contributed by atoms with van der Waals surface area (Å²) >= 11 is 0. The third-order valence-corrected chi connectivity index (χ3v) is 3.77. The molecule has 0 saturated carbocycles. The molecule has 0 unspecified atom stereocenters. The van der Waals surface area contributed by atoms with Gasteiger partial charge in [-0.2, -0.15) is 0 Å². The average molecular weight is 282 g/mol. The Balaban J connectivity index is 2.40. The molecule has 0 aliphatic heterocycles. The summed E-state index contributed by atoms with van der Waals surface area (Å²) in [7, 11) is 0. The molecule has 1 aromatic carbocycles. The number of aromatic nitrogens is 1. The fourth-order valence-corrected chi connectivity index (χ4v) is 2.51. The molecule has 1 N–H and O–H groups in total. The van der Waals surface area contributed by atoms with Crippen LogP contribution in [0.15, 0.2) is 30.3 Å². The molecule has 2 heteroatoms. The lowest BCUT2D eigenvalue weighted by Crippen LogP contribution is -1.95. The van der Waals surface area contributed by atoms with E-state index in [1.54, 1.807) is 6.07 Å². The van der Waals surface area contributed by atoms with Crippen LogP contribution in [0.1, 0.15) is 50.7 Å². The first-order valence-corrected chi connectivity index (χ1v) is 7.94. The molecule has 2 nitrogen and oxygen atoms in total. The Kier molecular flexibility index (Phi) is 5.79. The van der Waals surface area contributed by atoms with Gasteiger partial charge in [0.05, 0.1) is 11.9 Å². The molecular weight excluding hydrogens is 258 g/mol. The van der Waals surface area contributed by atoms with Crippen molar-refractivity contribution in [1.82, 2.24) is 4.98 Å². The van der Waals surface area contributed by atoms with E-state index in [9.17, 15) is 5.11 Å². The minimum Gasteiger partial charge on any atom is -0.507 e. The molecule has 0 aliphatic rings. The Hall–Kier alpha value is -1.83. The van der Waals surface area contributed by atoms with E-state index in [-0.39, 0.29) is 0 Å². The first kappa shape index (κ1) is 15.6. The van der Waals surface area contributed by atoms with Gasteiger partial charge in [0, 0.05) is 5.56 Å². The Morgan fingerprint density at radius 2 is 1.67 bits per heavy atom. The number of hydrogen-bond acceptors (Lipinski definition) is 2. The van der Waals surface area contributed by atoms with Gasteiger partial charge >= 0.3 is 0 Å². The number of nitrogens with zero attached hydrogens (tertiary/aromatic N) is 1. The van der Waals surface area contributed by atoms with E-state index in [1.165, 1.54) is 0 Å². The largest absolute Gasteiger partial charge is 0.507 e. The van der Waals surface area contributed by atoms with Crippen molar-refractivity contribution in [3.63, 3.8) is 0 Å². The zero-order chi connectivity index (χ0) is 15.1. The second-order valence-corrected chi connectivity index (χ2v) is 5.50. The molecule has 1 radical (unpaired) electrons. The van der Waals surface area contributed by atoms with Gasteiger partial charge in [-0.05, 0) is 61.1 Å². The molecule has 2 aromatic rings. The number of aryl methyl sites for hydroxylation is 2. The summed E-state index contributed by atoms with van der Waals surface area (Å²) in [6, 6.07) is 9.91. The van der Waals surface area contributed by atoms with E-state index in [0.29, 0.717) is 5.75 Å². The zero-order valence-corrected chi connectivity index (χ0v) is 13.0. The average Bonchev–Trinajstić information content (AvgIpc) is 2.53. The van der Waals surface area contributed by atoms with E-state index < -0.39 is 0 Å². The maximum Gasteiger partial charge on any atom is 0.121 e. The fraction of sp³-hybridized carbons (Fsp3) is 0.421. The van der Waals surface area contributed by atoms with Crippen molar-refractivity contribution in [3.05, 3.63) is 47.7 Å². The van der Waals surface area contributed by atoms with Crippen LogP contribution in [0.3, 0.4) is 0 Å². The van der Waals surface area contributed by atoms with Crippen molar-refractivity contribution in [1.29, 1.82) is 0 Å². The first-order valence-electron chi connectivity index (χ1n) is 7.94. The number of hydrogen-bond donors (Lipinski definition) is 1. The molecule has 0 spiro atoms. The molecule has 2 rings (SSSR count). The van der Waals surface area contributed by atoms with Gasteiger partial charge in [0.25, 0.3) is 0 Å². The van der Waals surface area contributed by atoms with E-state index >= 15 is 0 Å². The summed E-state index contributed by atoms with van der Waals surface area (Å²) in [6.07, 6.45) is 9.18. The van der Waals surface area contributed by atoms with E-state index in [0.717, 1.165) is 60.9 Å². The number of benzene rings is 1. The van der Waals surface area contributed by atoms with Gasteiger partial charge in [-0.3, -0.25) is 0 Å². The molecule has 0 fully saturated rings. The van der Waals surface area contributed by atoms with Crippen molar-refractivity contribution in [2.24, 2.45) is 0 Å². The predicted octanol–water partition coefficient (Wildman–Crippen LogP) is 4.94. The SMILES string of the molecule is CCCCc1cc(-c2ccc[c]n2)cc(CCCC)c1O. The third-order valence-electron chi connectivity index (χ3n) is 3.77. The topological polar surface area (TPSA) is 33.1 Å². The lowest BCUT2D eigenvalue weighted by atomic mass is 9.95. The monoisotopic (exact) mass is 282 g/mol. The van der Waals surface area contributed by atoms with Gasteiger partial charge < -0.3 is 5.11 Å². The molecule has 0 atom stereocenters. The summed E-state index contributed by atoms with van der Waals surface area (Å²) in [5.41, 5.74) is 4.10. The third kappa shape index (κ3) is 4.07. The molecule has 21 heavy (non-hydrogen) atoms. The van der Waals surface area contributed by atoms with Crippen molar-refractivity contribution in [3.8, 4) is 17.0 Å². The highest BCUT2D eigenvalue weighted by molar-refractivity contribution is 5.64. The standard InChI is InChI=1S/C19H24NO/c1-3-5-9-15-13-17(18-11-7-8-12-20-18)14-16(19(15)21)10-6-4-2/h7-8,11,13-14,21H,3-6,9-10H2,1-2H3. The van der Waals surface area contributed by atoms with Crippen LogP contribution < -0.4 is 0 Å². The minimum atomic E-state index is 0.487. The predicted molar refractivity (Wildman–Crippen MR) is 87.4 cm³/mol. The summed E-state index contributed by atoms with van der Waals surface area (Å²) < 4.78 is 0. The first-order chi connectivity index (χ1) is 10.3. The van der Waals surface area contributed by atoms with Gasteiger partial charge in [0.15, 0.2) is 0 Å². The molecule has 0 saturated heterocycles. The van der Waals surface area contributed by atoms with Gasteiger partial charge in [0.1, 0.15) is 5.75 Å². The number of pyridine rings is 1. The quantitative estimate of drug-likeness (QED) is 0.780. The molecule has 0 amide bonds. The highest BCUT2D eigenvalue weighted by atomic mass is 16.3. The minimum absolute atomic E-state index is 0.487. The van der Waals surface area contributed by atoms with Crippen molar-refractivity contribution >= 4 is 0 Å². The molecule has 1 aromatic heterocycles. The zero-order valence-electron chi connectivity index (χ0n) is 13.0. The van der Waals surface area contributed by atoms with Crippen molar-refractivity contribution < 1.29 is 5.11 Å². The Morgan fingerprint density at radius 3 is 2.14 bits per heavy atom. The highest BCUT2D eigenvalue weighted by Gasteiger charge is 2.11. The lowest BCUT2D eigenvalue weighted by molar-refractivity contribution is 0.458. The van der Waals surface area contributed by atoms with Crippen LogP contribution in [0.4, 0.5) is 0 Å². The molecular formula is C19H24NO. The summed E-state index contributed by atoms with van der Waals surface area (Å²) in [6.45, 7) is 4.35. The van der Waals surface area contributed by atoms with Crippen LogP contribution in [0.25, 0.3) is 11.3 Å². The van der Waals surface area contributed by atoms with Gasteiger partial charge in [-0.1, -0.05) is 32.8 Å². The van der Waals surface area contributed by atoms with Gasteiger partial charge in [0.2, 0.25) is 0 Å². The molecule has 111 valence electrons. The molecule has 0 bridgehead atoms. The number of phenolic OH excluding ortho intramolecular Hbond substituents is 1. The fourth-order valence-electron chi connectivity index (χ4n) is 2.51. The number of rotatable bonds is 7. The lowest BCUT2D eigenvalue weighted by Gasteiger charge is -2.13. The Labute approximate surface area is 127 Å². The number of unbranched alkanes of at least 4 members (excludes halogenated alkanes) is 2. The number of phenols is 1. The molecule has 1 heterocycles. The highest BCUT2D eigenvalue weighted by Crippen LogP contribution is 2.31. The Bertz CT molecular complexity index is 534. The maximum atomic E-state index is 10.5. The number of aromatic hydroxyl groups is 1. The van der Waals surface area contributed by atoms with Crippen LogP contribution >= 0.6 is 0 Å². The van der Waals surface area contributed by atoms with Gasteiger partial charge in [-0.15, -0.1) is 0 Å². The normalized spacial score (nSPS) is 10.8. The molecule has 0 aliphatic carbocycles. The van der Waals surface area contributed by atoms with Crippen LogP contribution in [0.2, 0.25) is 0 Å². The van der Waals surface area contributed by atoms with Crippen molar-refractivity contribution in [2.45, 2.75) is 52.4 Å². The second-order valence-electron chi connectivity index (χ2n) is 5.50. The van der Waals surface area contributed by atoms with Crippen LogP contribution in [-0.4, -0.2) is 10.1 Å². The second kappa shape index (κ2) is 7.82. The van der Waals surface area contributed by atoms with E-state index in [1.807, 2.05) is 12.1 Å². The van der Waals surface area contributed by atoms with Crippen molar-refractivity contribution in [2.75, 3.05) is 0 Å². The van der Waals surface area contributed by atoms with Crippen LogP contribution in [0.5, 0.6) is 5.75 Å². The summed E-state index contributed by atoms with van der Waals surface area (Å²) in [5, 5.41) is 10.5. The van der Waals surface area contributed by atoms with E-state index in [4.69, 9.17) is 0 Å².